The molecule has 0 fully saturated rings. The van der Waals surface area contributed by atoms with Gasteiger partial charge in [0.1, 0.15) is 18.9 Å². The summed E-state index contributed by atoms with van der Waals surface area (Å²) < 4.78 is 6.18. The van der Waals surface area contributed by atoms with Crippen molar-refractivity contribution in [3.63, 3.8) is 0 Å². The maximum atomic E-state index is 13.5. The molecule has 0 spiro atoms. The second-order valence-electron chi connectivity index (χ2n) is 8.57. The Hall–Kier alpha value is -3.38. The first-order chi connectivity index (χ1) is 16.5. The largest absolute Gasteiger partial charge is 0.491 e. The van der Waals surface area contributed by atoms with Gasteiger partial charge in [0.25, 0.3) is 5.91 Å². The van der Waals surface area contributed by atoms with Gasteiger partial charge in [-0.15, -0.1) is 17.9 Å². The SMILES string of the molecule is C=CCN(CC(=O)N1CCc2sccc2C1COc1ccccc1C)C(=O)c1ccc(C)cc1. The van der Waals surface area contributed by atoms with E-state index in [0.717, 1.165) is 28.9 Å². The fraction of sp³-hybridized carbons (Fsp3) is 0.286. The van der Waals surface area contributed by atoms with Crippen molar-refractivity contribution in [1.29, 1.82) is 0 Å². The van der Waals surface area contributed by atoms with Gasteiger partial charge in [-0.1, -0.05) is 42.0 Å². The minimum Gasteiger partial charge on any atom is -0.491 e. The molecule has 1 aromatic heterocycles. The summed E-state index contributed by atoms with van der Waals surface area (Å²) in [5, 5.41) is 2.07. The Balaban J connectivity index is 1.53. The van der Waals surface area contributed by atoms with Crippen molar-refractivity contribution in [1.82, 2.24) is 9.80 Å². The molecule has 2 amide bonds. The van der Waals surface area contributed by atoms with Gasteiger partial charge in [0.05, 0.1) is 6.04 Å². The molecule has 0 radical (unpaired) electrons. The molecule has 6 heteroatoms. The lowest BCUT2D eigenvalue weighted by Crippen LogP contribution is -2.47. The van der Waals surface area contributed by atoms with Crippen LogP contribution in [-0.4, -0.2) is 47.9 Å². The van der Waals surface area contributed by atoms with Crippen molar-refractivity contribution >= 4 is 23.2 Å². The van der Waals surface area contributed by atoms with Crippen LogP contribution in [0.15, 0.2) is 72.6 Å². The predicted molar refractivity (Wildman–Crippen MR) is 136 cm³/mol. The molecule has 34 heavy (non-hydrogen) atoms. The Morgan fingerprint density at radius 2 is 1.91 bits per heavy atom. The Kier molecular flexibility index (Phi) is 7.48. The van der Waals surface area contributed by atoms with E-state index in [4.69, 9.17) is 4.74 Å². The van der Waals surface area contributed by atoms with Gasteiger partial charge >= 0.3 is 0 Å². The number of benzene rings is 2. The van der Waals surface area contributed by atoms with Gasteiger partial charge in [0.15, 0.2) is 0 Å². The summed E-state index contributed by atoms with van der Waals surface area (Å²) in [5.41, 5.74) is 3.85. The van der Waals surface area contributed by atoms with Crippen LogP contribution in [0.1, 0.15) is 38.0 Å². The van der Waals surface area contributed by atoms with E-state index in [-0.39, 0.29) is 24.4 Å². The van der Waals surface area contributed by atoms with E-state index in [0.29, 0.717) is 25.3 Å². The van der Waals surface area contributed by atoms with Crippen molar-refractivity contribution in [3.8, 4) is 5.75 Å². The fourth-order valence-electron chi connectivity index (χ4n) is 4.27. The molecule has 4 rings (SSSR count). The number of thiophene rings is 1. The number of hydrogen-bond acceptors (Lipinski definition) is 4. The summed E-state index contributed by atoms with van der Waals surface area (Å²) >= 11 is 1.72. The van der Waals surface area contributed by atoms with E-state index in [1.165, 1.54) is 4.88 Å². The Morgan fingerprint density at radius 3 is 2.65 bits per heavy atom. The number of fused-ring (bicyclic) bond motifs is 1. The number of aryl methyl sites for hydroxylation is 2. The Morgan fingerprint density at radius 1 is 1.15 bits per heavy atom. The molecule has 0 bridgehead atoms. The lowest BCUT2D eigenvalue weighted by atomic mass is 10.00. The molecule has 5 nitrogen and oxygen atoms in total. The van der Waals surface area contributed by atoms with E-state index in [1.54, 1.807) is 34.4 Å². The van der Waals surface area contributed by atoms with Gasteiger partial charge in [0.2, 0.25) is 5.91 Å². The summed E-state index contributed by atoms with van der Waals surface area (Å²) in [6.07, 6.45) is 2.47. The molecular weight excluding hydrogens is 444 g/mol. The monoisotopic (exact) mass is 474 g/mol. The normalized spacial score (nSPS) is 14.9. The van der Waals surface area contributed by atoms with E-state index in [2.05, 4.69) is 18.0 Å². The van der Waals surface area contributed by atoms with Crippen LogP contribution in [0.5, 0.6) is 5.75 Å². The third kappa shape index (κ3) is 5.23. The maximum Gasteiger partial charge on any atom is 0.254 e. The molecule has 1 aliphatic heterocycles. The number of carbonyl (C=O) groups is 2. The zero-order chi connectivity index (χ0) is 24.1. The molecule has 2 heterocycles. The second kappa shape index (κ2) is 10.7. The first-order valence-electron chi connectivity index (χ1n) is 11.5. The van der Waals surface area contributed by atoms with Crippen LogP contribution in [-0.2, 0) is 11.2 Å². The molecule has 176 valence electrons. The summed E-state index contributed by atoms with van der Waals surface area (Å²) in [6.45, 7) is 9.05. The van der Waals surface area contributed by atoms with Crippen LogP contribution >= 0.6 is 11.3 Å². The Labute approximate surface area is 205 Å². The summed E-state index contributed by atoms with van der Waals surface area (Å²) in [4.78, 5) is 31.4. The molecule has 1 aliphatic rings. The van der Waals surface area contributed by atoms with E-state index in [9.17, 15) is 9.59 Å². The molecular formula is C28H30N2O3S. The van der Waals surface area contributed by atoms with Crippen molar-refractivity contribution in [2.45, 2.75) is 26.3 Å². The number of nitrogens with zero attached hydrogens (tertiary/aromatic N) is 2. The van der Waals surface area contributed by atoms with Gasteiger partial charge in [-0.05, 0) is 61.0 Å². The summed E-state index contributed by atoms with van der Waals surface area (Å²) in [5.74, 6) is 0.562. The molecule has 0 N–H and O–H groups in total. The molecule has 0 saturated heterocycles. The number of amides is 2. The average Bonchev–Trinajstić information content (AvgIpc) is 3.32. The predicted octanol–water partition coefficient (Wildman–Crippen LogP) is 5.20. The lowest BCUT2D eigenvalue weighted by molar-refractivity contribution is -0.135. The quantitative estimate of drug-likeness (QED) is 0.422. The molecule has 0 saturated carbocycles. The van der Waals surface area contributed by atoms with Gasteiger partial charge in [0, 0.05) is 23.5 Å². The summed E-state index contributed by atoms with van der Waals surface area (Å²) in [7, 11) is 0. The van der Waals surface area contributed by atoms with Crippen molar-refractivity contribution in [3.05, 3.63) is 99.8 Å². The van der Waals surface area contributed by atoms with Crippen LogP contribution in [0.4, 0.5) is 0 Å². The number of hydrogen-bond donors (Lipinski definition) is 0. The molecule has 2 aromatic carbocycles. The van der Waals surface area contributed by atoms with Crippen LogP contribution in [0.3, 0.4) is 0 Å². The number of rotatable bonds is 8. The first kappa shape index (κ1) is 23.8. The molecule has 3 aromatic rings. The highest BCUT2D eigenvalue weighted by Gasteiger charge is 2.33. The zero-order valence-electron chi connectivity index (χ0n) is 19.7. The van der Waals surface area contributed by atoms with Gasteiger partial charge < -0.3 is 14.5 Å². The number of carbonyl (C=O) groups excluding carboxylic acids is 2. The minimum atomic E-state index is -0.192. The molecule has 1 atom stereocenters. The Bertz CT molecular complexity index is 1170. The highest BCUT2D eigenvalue weighted by molar-refractivity contribution is 7.10. The molecule has 0 aliphatic carbocycles. The smallest absolute Gasteiger partial charge is 0.254 e. The van der Waals surface area contributed by atoms with E-state index < -0.39 is 0 Å². The maximum absolute atomic E-state index is 13.5. The summed E-state index contributed by atoms with van der Waals surface area (Å²) in [6, 6.07) is 17.2. The third-order valence-electron chi connectivity index (χ3n) is 6.17. The molecule has 1 unspecified atom stereocenters. The van der Waals surface area contributed by atoms with Crippen molar-refractivity contribution < 1.29 is 14.3 Å². The third-order valence-corrected chi connectivity index (χ3v) is 7.16. The lowest BCUT2D eigenvalue weighted by Gasteiger charge is -2.37. The number of ether oxygens (including phenoxy) is 1. The van der Waals surface area contributed by atoms with Crippen molar-refractivity contribution in [2.24, 2.45) is 0 Å². The number of para-hydroxylation sites is 1. The van der Waals surface area contributed by atoms with Gasteiger partial charge in [-0.2, -0.15) is 0 Å². The van der Waals surface area contributed by atoms with Crippen molar-refractivity contribution in [2.75, 3.05) is 26.2 Å². The standard InChI is InChI=1S/C28H30N2O3S/c1-4-15-29(28(32)22-11-9-20(2)10-12-22)18-27(31)30-16-13-26-23(14-17-34-26)24(30)19-33-25-8-6-5-7-21(25)3/h4-12,14,17,24H,1,13,15-16,18-19H2,2-3H3. The second-order valence-corrected chi connectivity index (χ2v) is 9.57. The van der Waals surface area contributed by atoms with E-state index >= 15 is 0 Å². The van der Waals surface area contributed by atoms with Crippen LogP contribution < -0.4 is 4.74 Å². The minimum absolute atomic E-state index is 0.000928. The van der Waals surface area contributed by atoms with Crippen LogP contribution in [0.25, 0.3) is 0 Å². The average molecular weight is 475 g/mol. The highest BCUT2D eigenvalue weighted by atomic mass is 32.1. The first-order valence-corrected chi connectivity index (χ1v) is 12.4. The van der Waals surface area contributed by atoms with Crippen LogP contribution in [0.2, 0.25) is 0 Å². The van der Waals surface area contributed by atoms with Gasteiger partial charge in [-0.3, -0.25) is 9.59 Å². The highest BCUT2D eigenvalue weighted by Crippen LogP contribution is 2.34. The topological polar surface area (TPSA) is 49.9 Å². The van der Waals surface area contributed by atoms with Crippen LogP contribution in [0, 0.1) is 13.8 Å². The van der Waals surface area contributed by atoms with E-state index in [1.807, 2.05) is 55.1 Å². The fourth-order valence-corrected chi connectivity index (χ4v) is 5.20. The zero-order valence-corrected chi connectivity index (χ0v) is 20.5. The van der Waals surface area contributed by atoms with Gasteiger partial charge in [-0.25, -0.2) is 0 Å².